The molecule has 13 rings (SSSR count). The fourth-order valence-electron chi connectivity index (χ4n) is 11.4. The monoisotopic (exact) mass is 947 g/mol. The highest BCUT2D eigenvalue weighted by atomic mass is 32.2. The first kappa shape index (κ1) is 43.8. The zero-order valence-corrected chi connectivity index (χ0v) is 44.0. The van der Waals surface area contributed by atoms with Crippen molar-refractivity contribution in [1.29, 1.82) is 0 Å². The molecular formula is C63H58BN3OS2. The van der Waals surface area contributed by atoms with Gasteiger partial charge in [0.05, 0.1) is 28.4 Å². The Bertz CT molecular complexity index is 3570. The molecule has 6 heterocycles. The van der Waals surface area contributed by atoms with Crippen molar-refractivity contribution in [2.45, 2.75) is 124 Å². The molecule has 4 aliphatic heterocycles. The fraction of sp³-hybridized carbons (Fsp3) is 0.254. The Hall–Kier alpha value is -6.15. The van der Waals surface area contributed by atoms with Gasteiger partial charge in [-0.15, -0.1) is 0 Å². The molecule has 4 nitrogen and oxygen atoms in total. The summed E-state index contributed by atoms with van der Waals surface area (Å²) in [7, 11) is 0. The summed E-state index contributed by atoms with van der Waals surface area (Å²) in [4.78, 5) is 15.3. The van der Waals surface area contributed by atoms with Gasteiger partial charge in [0.1, 0.15) is 11.2 Å². The molecule has 0 N–H and O–H groups in total. The van der Waals surface area contributed by atoms with Crippen molar-refractivity contribution >= 4 is 103 Å². The van der Waals surface area contributed by atoms with Gasteiger partial charge in [-0.25, -0.2) is 0 Å². The third-order valence-electron chi connectivity index (χ3n) is 15.3. The number of furan rings is 1. The minimum atomic E-state index is -0.0634. The Morgan fingerprint density at radius 3 is 1.39 bits per heavy atom. The molecule has 0 spiro atoms. The van der Waals surface area contributed by atoms with E-state index >= 15 is 0 Å². The number of hydrogen-bond acceptors (Lipinski definition) is 6. The molecule has 0 fully saturated rings. The maximum atomic E-state index is 7.17. The molecule has 0 radical (unpaired) electrons. The normalized spacial score (nSPS) is 14.7. The van der Waals surface area contributed by atoms with Crippen LogP contribution in [0.3, 0.4) is 0 Å². The Morgan fingerprint density at radius 2 is 0.914 bits per heavy atom. The number of rotatable bonds is 2. The second-order valence-electron chi connectivity index (χ2n) is 24.1. The van der Waals surface area contributed by atoms with Crippen molar-refractivity contribution in [2.24, 2.45) is 0 Å². The van der Waals surface area contributed by atoms with Crippen molar-refractivity contribution in [1.82, 2.24) is 4.98 Å². The molecule has 9 aromatic rings. The summed E-state index contributed by atoms with van der Waals surface area (Å²) in [6, 6.07) is 48.8. The van der Waals surface area contributed by atoms with Crippen LogP contribution in [-0.4, -0.2) is 11.7 Å². The maximum absolute atomic E-state index is 7.17. The van der Waals surface area contributed by atoms with Gasteiger partial charge in [-0.1, -0.05) is 167 Å². The first-order valence-electron chi connectivity index (χ1n) is 24.9. The van der Waals surface area contributed by atoms with Crippen LogP contribution in [0, 0.1) is 0 Å². The average molecular weight is 948 g/mol. The average Bonchev–Trinajstić information content (AvgIpc) is 3.70. The molecule has 7 aromatic carbocycles. The first-order valence-corrected chi connectivity index (χ1v) is 26.5. The van der Waals surface area contributed by atoms with Crippen LogP contribution < -0.4 is 26.2 Å². The summed E-state index contributed by atoms with van der Waals surface area (Å²) in [5.74, 6) is 0. The lowest BCUT2D eigenvalue weighted by molar-refractivity contribution is 0.588. The number of fused-ring (bicyclic) bond motifs is 11. The molecule has 70 heavy (non-hydrogen) atoms. The van der Waals surface area contributed by atoms with Crippen molar-refractivity contribution in [3.05, 3.63) is 156 Å². The molecule has 0 saturated carbocycles. The van der Waals surface area contributed by atoms with E-state index in [9.17, 15) is 0 Å². The summed E-state index contributed by atoms with van der Waals surface area (Å²) >= 11 is 3.90. The summed E-state index contributed by atoms with van der Waals surface area (Å²) in [5.41, 5.74) is 22.8. The highest BCUT2D eigenvalue weighted by Gasteiger charge is 2.49. The van der Waals surface area contributed by atoms with E-state index in [2.05, 4.69) is 208 Å². The zero-order chi connectivity index (χ0) is 48.6. The molecule has 0 unspecified atom stereocenters. The molecule has 0 aliphatic carbocycles. The van der Waals surface area contributed by atoms with Gasteiger partial charge >= 0.3 is 0 Å². The molecule has 2 aromatic heterocycles. The Kier molecular flexibility index (Phi) is 9.21. The second-order valence-corrected chi connectivity index (χ2v) is 26.3. The maximum Gasteiger partial charge on any atom is 0.252 e. The number of anilines is 6. The highest BCUT2D eigenvalue weighted by molar-refractivity contribution is 8.00. The standard InChI is InChI=1S/C63H58BN3OS2/c1-60(2,3)36-22-24-47-51(31-36)69-53-33-38(62(7,8)9)29-44-56(53)66(47)49-27-35(40-17-15-18-41-42-19-16-20-43(59(42)68-58(40)41)46-21-13-14-26-65-46)28-50-55(49)64(44)45-30-39(63(10,11)12)34-54-57(45)67(50)48-25-23-37(61(4,5)6)32-52(48)70-54/h13-34H,1-12H3. The summed E-state index contributed by atoms with van der Waals surface area (Å²) in [6.07, 6.45) is 1.86. The molecule has 0 atom stereocenters. The number of pyridine rings is 1. The van der Waals surface area contributed by atoms with E-state index in [0.29, 0.717) is 0 Å². The van der Waals surface area contributed by atoms with E-state index < -0.39 is 0 Å². The predicted molar refractivity (Wildman–Crippen MR) is 299 cm³/mol. The van der Waals surface area contributed by atoms with E-state index in [1.54, 1.807) is 0 Å². The Labute approximate surface area is 422 Å². The van der Waals surface area contributed by atoms with Gasteiger partial charge in [0, 0.05) is 59.1 Å². The third kappa shape index (κ3) is 6.49. The SMILES string of the molecule is CC(C)(C)c1ccc2c(c1)Sc1cc(C(C)(C)C)cc3c1N2c1cc(-c2cccc4c2oc2c(-c5ccccn5)cccc24)cc2c1B3c1cc(C(C)(C)C)cc3c1N2c1ccc(C(C)(C)C)cc1S3. The summed E-state index contributed by atoms with van der Waals surface area (Å²) in [5, 5.41) is 2.19. The van der Waals surface area contributed by atoms with Crippen LogP contribution in [0.5, 0.6) is 0 Å². The minimum absolute atomic E-state index is 0.000757. The smallest absolute Gasteiger partial charge is 0.252 e. The number of nitrogens with zero attached hydrogens (tertiary/aromatic N) is 3. The predicted octanol–water partition coefficient (Wildman–Crippen LogP) is 16.5. The van der Waals surface area contributed by atoms with E-state index in [1.807, 2.05) is 41.9 Å². The first-order chi connectivity index (χ1) is 33.2. The van der Waals surface area contributed by atoms with E-state index in [-0.39, 0.29) is 28.4 Å². The molecule has 7 heteroatoms. The number of para-hydroxylation sites is 2. The van der Waals surface area contributed by atoms with Gasteiger partial charge in [-0.2, -0.15) is 0 Å². The molecule has 0 bridgehead atoms. The van der Waals surface area contributed by atoms with Gasteiger partial charge in [0.25, 0.3) is 6.71 Å². The van der Waals surface area contributed by atoms with E-state index in [4.69, 9.17) is 9.40 Å². The van der Waals surface area contributed by atoms with Gasteiger partial charge in [-0.3, -0.25) is 4.98 Å². The Balaban J connectivity index is 1.17. The summed E-state index contributed by atoms with van der Waals surface area (Å²) in [6.45, 7) is 28.2. The number of hydrogen-bond donors (Lipinski definition) is 0. The molecule has 0 amide bonds. The van der Waals surface area contributed by atoms with Crippen LogP contribution in [0.25, 0.3) is 44.3 Å². The summed E-state index contributed by atoms with van der Waals surface area (Å²) < 4.78 is 7.17. The second kappa shape index (κ2) is 14.7. The largest absolute Gasteiger partial charge is 0.455 e. The topological polar surface area (TPSA) is 32.5 Å². The third-order valence-corrected chi connectivity index (χ3v) is 17.4. The van der Waals surface area contributed by atoms with Crippen LogP contribution in [0.2, 0.25) is 0 Å². The van der Waals surface area contributed by atoms with E-state index in [1.165, 1.54) is 92.3 Å². The fourth-order valence-corrected chi connectivity index (χ4v) is 13.7. The number of benzene rings is 7. The van der Waals surface area contributed by atoms with Crippen LogP contribution in [-0.2, 0) is 21.7 Å². The van der Waals surface area contributed by atoms with Crippen LogP contribution in [0.1, 0.15) is 105 Å². The van der Waals surface area contributed by atoms with Crippen molar-refractivity contribution in [2.75, 3.05) is 9.80 Å². The van der Waals surface area contributed by atoms with Crippen molar-refractivity contribution in [3.8, 4) is 22.4 Å². The lowest BCUT2D eigenvalue weighted by Crippen LogP contribution is -2.62. The number of aromatic nitrogens is 1. The van der Waals surface area contributed by atoms with Gasteiger partial charge in [0.15, 0.2) is 0 Å². The van der Waals surface area contributed by atoms with Gasteiger partial charge in [-0.05, 0) is 133 Å². The molecular weight excluding hydrogens is 890 g/mol. The lowest BCUT2D eigenvalue weighted by atomic mass is 9.33. The molecule has 346 valence electrons. The van der Waals surface area contributed by atoms with Gasteiger partial charge < -0.3 is 14.2 Å². The lowest BCUT2D eigenvalue weighted by Gasteiger charge is -2.48. The van der Waals surface area contributed by atoms with Crippen molar-refractivity contribution in [3.63, 3.8) is 0 Å². The van der Waals surface area contributed by atoms with Crippen molar-refractivity contribution < 1.29 is 4.42 Å². The van der Waals surface area contributed by atoms with Crippen LogP contribution >= 0.6 is 23.5 Å². The zero-order valence-electron chi connectivity index (χ0n) is 42.3. The molecule has 0 saturated heterocycles. The minimum Gasteiger partial charge on any atom is -0.455 e. The van der Waals surface area contributed by atoms with Gasteiger partial charge in [0.2, 0.25) is 0 Å². The van der Waals surface area contributed by atoms with Crippen LogP contribution in [0.15, 0.2) is 158 Å². The quantitative estimate of drug-likeness (QED) is 0.161. The molecule has 4 aliphatic rings. The van der Waals surface area contributed by atoms with E-state index in [0.717, 1.165) is 44.3 Å². The van der Waals surface area contributed by atoms with Crippen LogP contribution in [0.4, 0.5) is 34.1 Å². The highest BCUT2D eigenvalue weighted by Crippen LogP contribution is 2.59. The Morgan fingerprint density at radius 1 is 0.443 bits per heavy atom.